The van der Waals surface area contributed by atoms with Crippen LogP contribution in [0.15, 0.2) is 12.3 Å². The zero-order valence-electron chi connectivity index (χ0n) is 6.82. The Morgan fingerprint density at radius 3 is 3.09 bits per heavy atom. The van der Waals surface area contributed by atoms with E-state index in [1.807, 2.05) is 24.6 Å². The highest BCUT2D eigenvalue weighted by atomic mass is 16.1. The fourth-order valence-electron chi connectivity index (χ4n) is 1.06. The van der Waals surface area contributed by atoms with Crippen LogP contribution < -0.4 is 0 Å². The van der Waals surface area contributed by atoms with E-state index in [0.29, 0.717) is 0 Å². The number of hydrogen-bond acceptors (Lipinski definition) is 2. The quantitative estimate of drug-likeness (QED) is 0.610. The summed E-state index contributed by atoms with van der Waals surface area (Å²) in [6.45, 7) is 4.70. The van der Waals surface area contributed by atoms with Crippen LogP contribution in [-0.4, -0.2) is 16.1 Å². The molecule has 0 aliphatic heterocycles. The Hall–Kier alpha value is -1.12. The lowest BCUT2D eigenvalue weighted by Crippen LogP contribution is -2.06. The summed E-state index contributed by atoms with van der Waals surface area (Å²) in [5.41, 5.74) is 0.988. The molecule has 60 valence electrons. The van der Waals surface area contributed by atoms with Crippen LogP contribution in [-0.2, 0) is 11.3 Å². The first-order valence-electron chi connectivity index (χ1n) is 3.76. The van der Waals surface area contributed by atoms with Gasteiger partial charge in [0.15, 0.2) is 0 Å². The summed E-state index contributed by atoms with van der Waals surface area (Å²) in [7, 11) is 0. The number of hydrogen-bond donors (Lipinski definition) is 0. The third kappa shape index (κ3) is 1.48. The molecule has 0 bridgehead atoms. The number of carbonyl (C=O) groups is 1. The van der Waals surface area contributed by atoms with Crippen molar-refractivity contribution < 1.29 is 4.79 Å². The number of aldehydes is 1. The predicted molar refractivity (Wildman–Crippen MR) is 42.4 cm³/mol. The van der Waals surface area contributed by atoms with E-state index < -0.39 is 0 Å². The minimum atomic E-state index is -0.0440. The zero-order chi connectivity index (χ0) is 8.27. The summed E-state index contributed by atoms with van der Waals surface area (Å²) in [4.78, 5) is 10.4. The third-order valence-electron chi connectivity index (χ3n) is 1.72. The summed E-state index contributed by atoms with van der Waals surface area (Å²) in [5, 5.41) is 4.06. The molecular formula is C8H12N2O. The lowest BCUT2D eigenvalue weighted by molar-refractivity contribution is -0.108. The van der Waals surface area contributed by atoms with Crippen molar-refractivity contribution in [3.63, 3.8) is 0 Å². The molecular weight excluding hydrogens is 140 g/mol. The van der Waals surface area contributed by atoms with Crippen molar-refractivity contribution in [2.45, 2.75) is 26.3 Å². The monoisotopic (exact) mass is 152 g/mol. The highest BCUT2D eigenvalue weighted by molar-refractivity contribution is 5.60. The van der Waals surface area contributed by atoms with Gasteiger partial charge in [0.05, 0.1) is 5.92 Å². The largest absolute Gasteiger partial charge is 0.303 e. The highest BCUT2D eigenvalue weighted by Gasteiger charge is 2.07. The van der Waals surface area contributed by atoms with E-state index in [9.17, 15) is 4.79 Å². The number of aryl methyl sites for hydroxylation is 1. The average molecular weight is 152 g/mol. The molecule has 1 aromatic rings. The summed E-state index contributed by atoms with van der Waals surface area (Å²) in [6, 6.07) is 1.88. The summed E-state index contributed by atoms with van der Waals surface area (Å²) in [6.07, 6.45) is 2.65. The number of aromatic nitrogens is 2. The fourth-order valence-corrected chi connectivity index (χ4v) is 1.06. The second-order valence-corrected chi connectivity index (χ2v) is 2.50. The van der Waals surface area contributed by atoms with E-state index >= 15 is 0 Å². The fraction of sp³-hybridized carbons (Fsp3) is 0.500. The first kappa shape index (κ1) is 7.98. The van der Waals surface area contributed by atoms with Crippen molar-refractivity contribution in [1.29, 1.82) is 0 Å². The number of nitrogens with zero attached hydrogens (tertiary/aromatic N) is 2. The van der Waals surface area contributed by atoms with E-state index in [0.717, 1.165) is 18.5 Å². The summed E-state index contributed by atoms with van der Waals surface area (Å²) < 4.78 is 1.83. The van der Waals surface area contributed by atoms with Crippen molar-refractivity contribution in [3.05, 3.63) is 18.0 Å². The van der Waals surface area contributed by atoms with Crippen molar-refractivity contribution >= 4 is 6.29 Å². The summed E-state index contributed by atoms with van der Waals surface area (Å²) >= 11 is 0. The van der Waals surface area contributed by atoms with Crippen LogP contribution in [0, 0.1) is 0 Å². The molecule has 1 rings (SSSR count). The zero-order valence-corrected chi connectivity index (χ0v) is 6.82. The van der Waals surface area contributed by atoms with E-state index in [-0.39, 0.29) is 5.92 Å². The maximum absolute atomic E-state index is 10.4. The first-order chi connectivity index (χ1) is 5.29. The van der Waals surface area contributed by atoms with Gasteiger partial charge in [0.1, 0.15) is 6.29 Å². The van der Waals surface area contributed by atoms with Crippen LogP contribution in [0.2, 0.25) is 0 Å². The highest BCUT2D eigenvalue weighted by Crippen LogP contribution is 2.10. The standard InChI is InChI=1S/C8H12N2O/c1-3-10-8(4-5-9-10)7(2)6-11/h4-7H,3H2,1-2H3. The molecule has 0 spiro atoms. The molecule has 0 fully saturated rings. The minimum Gasteiger partial charge on any atom is -0.303 e. The van der Waals surface area contributed by atoms with Gasteiger partial charge < -0.3 is 4.79 Å². The van der Waals surface area contributed by atoms with Crippen molar-refractivity contribution in [3.8, 4) is 0 Å². The number of rotatable bonds is 3. The van der Waals surface area contributed by atoms with Gasteiger partial charge >= 0.3 is 0 Å². The maximum Gasteiger partial charge on any atom is 0.128 e. The molecule has 0 N–H and O–H groups in total. The second-order valence-electron chi connectivity index (χ2n) is 2.50. The molecule has 3 heteroatoms. The van der Waals surface area contributed by atoms with Crippen molar-refractivity contribution in [1.82, 2.24) is 9.78 Å². The molecule has 11 heavy (non-hydrogen) atoms. The van der Waals surface area contributed by atoms with Crippen LogP contribution in [0.1, 0.15) is 25.5 Å². The van der Waals surface area contributed by atoms with Gasteiger partial charge in [-0.1, -0.05) is 6.92 Å². The Bertz CT molecular complexity index is 242. The molecule has 0 aliphatic carbocycles. The second kappa shape index (κ2) is 3.32. The average Bonchev–Trinajstić information content (AvgIpc) is 2.50. The van der Waals surface area contributed by atoms with Crippen LogP contribution >= 0.6 is 0 Å². The molecule has 1 heterocycles. The normalized spacial score (nSPS) is 12.9. The SMILES string of the molecule is CCn1nccc1C(C)C=O. The van der Waals surface area contributed by atoms with Crippen LogP contribution in [0.3, 0.4) is 0 Å². The van der Waals surface area contributed by atoms with Gasteiger partial charge in [0.2, 0.25) is 0 Å². The Morgan fingerprint density at radius 1 is 1.82 bits per heavy atom. The van der Waals surface area contributed by atoms with Gasteiger partial charge in [0, 0.05) is 18.4 Å². The van der Waals surface area contributed by atoms with Gasteiger partial charge in [0.25, 0.3) is 0 Å². The van der Waals surface area contributed by atoms with Gasteiger partial charge in [-0.3, -0.25) is 4.68 Å². The maximum atomic E-state index is 10.4. The van der Waals surface area contributed by atoms with Gasteiger partial charge in [-0.25, -0.2) is 0 Å². The Morgan fingerprint density at radius 2 is 2.55 bits per heavy atom. The lowest BCUT2D eigenvalue weighted by atomic mass is 10.1. The van der Waals surface area contributed by atoms with Gasteiger partial charge in [-0.15, -0.1) is 0 Å². The smallest absolute Gasteiger partial charge is 0.128 e. The predicted octanol–water partition coefficient (Wildman–Crippen LogP) is 1.21. The molecule has 1 unspecified atom stereocenters. The molecule has 1 atom stereocenters. The number of carbonyl (C=O) groups excluding carboxylic acids is 1. The molecule has 1 aromatic heterocycles. The summed E-state index contributed by atoms with van der Waals surface area (Å²) in [5.74, 6) is -0.0440. The lowest BCUT2D eigenvalue weighted by Gasteiger charge is -2.05. The third-order valence-corrected chi connectivity index (χ3v) is 1.72. The Balaban J connectivity index is 2.91. The molecule has 0 aromatic carbocycles. The molecule has 0 aliphatic rings. The van der Waals surface area contributed by atoms with Crippen molar-refractivity contribution in [2.24, 2.45) is 0 Å². The van der Waals surface area contributed by atoms with E-state index in [2.05, 4.69) is 5.10 Å². The molecule has 0 radical (unpaired) electrons. The molecule has 0 saturated carbocycles. The van der Waals surface area contributed by atoms with Crippen LogP contribution in [0.5, 0.6) is 0 Å². The van der Waals surface area contributed by atoms with Crippen LogP contribution in [0.4, 0.5) is 0 Å². The molecule has 0 saturated heterocycles. The van der Waals surface area contributed by atoms with Crippen molar-refractivity contribution in [2.75, 3.05) is 0 Å². The Kier molecular flexibility index (Phi) is 2.41. The first-order valence-corrected chi connectivity index (χ1v) is 3.76. The van der Waals surface area contributed by atoms with Gasteiger partial charge in [-0.2, -0.15) is 5.10 Å². The van der Waals surface area contributed by atoms with Gasteiger partial charge in [-0.05, 0) is 13.0 Å². The topological polar surface area (TPSA) is 34.9 Å². The molecule has 0 amide bonds. The van der Waals surface area contributed by atoms with E-state index in [1.165, 1.54) is 0 Å². The Labute approximate surface area is 66.0 Å². The van der Waals surface area contributed by atoms with Crippen LogP contribution in [0.25, 0.3) is 0 Å². The van der Waals surface area contributed by atoms with E-state index in [4.69, 9.17) is 0 Å². The minimum absolute atomic E-state index is 0.0440. The van der Waals surface area contributed by atoms with E-state index in [1.54, 1.807) is 6.20 Å². The molecule has 3 nitrogen and oxygen atoms in total.